The average Bonchev–Trinajstić information content (AvgIpc) is 2.61. The predicted octanol–water partition coefficient (Wildman–Crippen LogP) is 7.74. The summed E-state index contributed by atoms with van der Waals surface area (Å²) >= 11 is 13.2. The monoisotopic (exact) mass is 390 g/mol. The van der Waals surface area contributed by atoms with E-state index in [9.17, 15) is 0 Å². The Kier molecular flexibility index (Phi) is 7.25. The lowest BCUT2D eigenvalue weighted by Gasteiger charge is -2.25. The Hall–Kier alpha value is -1.38. The number of rotatable bonds is 8. The molecule has 140 valence electrons. The second-order valence-electron chi connectivity index (χ2n) is 7.52. The minimum absolute atomic E-state index is 0.294. The van der Waals surface area contributed by atoms with Crippen molar-refractivity contribution < 1.29 is 0 Å². The normalized spacial score (nSPS) is 18.8. The van der Waals surface area contributed by atoms with E-state index in [2.05, 4.69) is 48.3 Å². The van der Waals surface area contributed by atoms with Crippen LogP contribution in [0.3, 0.4) is 0 Å². The zero-order chi connectivity index (χ0) is 19.2. The number of halogens is 2. The summed E-state index contributed by atoms with van der Waals surface area (Å²) in [5.41, 5.74) is 2.50. The molecule has 2 unspecified atom stereocenters. The number of alkyl halides is 2. The lowest BCUT2D eigenvalue weighted by Crippen LogP contribution is -2.20. The van der Waals surface area contributed by atoms with Gasteiger partial charge in [-0.1, -0.05) is 97.7 Å². The first-order chi connectivity index (χ1) is 12.2. The number of azo groups is 1. The zero-order valence-electron chi connectivity index (χ0n) is 16.0. The standard InChI is InChI=1S/C22H28Cl2N2/c1-17(19-11-7-5-8-12-19)15-21(3,23)25-26-22(4,24)16-18(2)20-13-9-6-10-14-20/h5-14,17-18H,15-16H2,1-4H3/b26-25+/t17?,18?,21-,22+. The van der Waals surface area contributed by atoms with Crippen LogP contribution in [0.2, 0.25) is 0 Å². The van der Waals surface area contributed by atoms with Crippen LogP contribution in [0, 0.1) is 0 Å². The summed E-state index contributed by atoms with van der Waals surface area (Å²) in [7, 11) is 0. The molecule has 0 amide bonds. The highest BCUT2D eigenvalue weighted by molar-refractivity contribution is 6.24. The molecule has 4 atom stereocenters. The Morgan fingerprint density at radius 1 is 0.692 bits per heavy atom. The van der Waals surface area contributed by atoms with Crippen molar-refractivity contribution in [3.8, 4) is 0 Å². The molecule has 0 aliphatic heterocycles. The molecule has 0 aliphatic rings. The molecule has 0 N–H and O–H groups in total. The average molecular weight is 391 g/mol. The molecule has 26 heavy (non-hydrogen) atoms. The molecule has 2 nitrogen and oxygen atoms in total. The maximum Gasteiger partial charge on any atom is 0.152 e. The predicted molar refractivity (Wildman–Crippen MR) is 112 cm³/mol. The van der Waals surface area contributed by atoms with Crippen LogP contribution in [-0.2, 0) is 0 Å². The van der Waals surface area contributed by atoms with Crippen LogP contribution in [0.4, 0.5) is 0 Å². The highest BCUT2D eigenvalue weighted by atomic mass is 35.5. The molecule has 0 saturated heterocycles. The van der Waals surface area contributed by atoms with E-state index >= 15 is 0 Å². The van der Waals surface area contributed by atoms with Crippen LogP contribution in [0.1, 0.15) is 63.5 Å². The lowest BCUT2D eigenvalue weighted by molar-refractivity contribution is 0.459. The number of hydrogen-bond acceptors (Lipinski definition) is 2. The minimum Gasteiger partial charge on any atom is -0.170 e. The molecule has 0 spiro atoms. The van der Waals surface area contributed by atoms with E-state index in [0.29, 0.717) is 24.7 Å². The van der Waals surface area contributed by atoms with Crippen LogP contribution >= 0.6 is 23.2 Å². The van der Waals surface area contributed by atoms with Crippen LogP contribution in [0.15, 0.2) is 70.9 Å². The minimum atomic E-state index is -0.776. The van der Waals surface area contributed by atoms with E-state index in [1.807, 2.05) is 50.2 Å². The number of nitrogens with zero attached hydrogens (tertiary/aromatic N) is 2. The highest BCUT2D eigenvalue weighted by Crippen LogP contribution is 2.35. The lowest BCUT2D eigenvalue weighted by atomic mass is 9.94. The van der Waals surface area contributed by atoms with E-state index in [1.54, 1.807) is 0 Å². The first-order valence-electron chi connectivity index (χ1n) is 9.10. The molecule has 0 fully saturated rings. The van der Waals surface area contributed by atoms with Gasteiger partial charge in [-0.05, 0) is 49.7 Å². The summed E-state index contributed by atoms with van der Waals surface area (Å²) in [6.07, 6.45) is 1.40. The molecule has 0 heterocycles. The third kappa shape index (κ3) is 6.74. The van der Waals surface area contributed by atoms with Gasteiger partial charge in [0.05, 0.1) is 0 Å². The molecule has 0 saturated carbocycles. The van der Waals surface area contributed by atoms with Crippen molar-refractivity contribution in [3.63, 3.8) is 0 Å². The van der Waals surface area contributed by atoms with Gasteiger partial charge in [0.1, 0.15) is 0 Å². The molecule has 0 aromatic heterocycles. The number of benzene rings is 2. The van der Waals surface area contributed by atoms with E-state index < -0.39 is 10.00 Å². The summed E-state index contributed by atoms with van der Waals surface area (Å²) in [6, 6.07) is 20.7. The second kappa shape index (κ2) is 9.01. The largest absolute Gasteiger partial charge is 0.170 e. The first-order valence-corrected chi connectivity index (χ1v) is 9.86. The van der Waals surface area contributed by atoms with Crippen molar-refractivity contribution >= 4 is 23.2 Å². The highest BCUT2D eigenvalue weighted by Gasteiger charge is 2.28. The fourth-order valence-electron chi connectivity index (χ4n) is 3.21. The Balaban J connectivity index is 1.98. The van der Waals surface area contributed by atoms with Crippen LogP contribution in [0.5, 0.6) is 0 Å². The third-order valence-corrected chi connectivity index (χ3v) is 5.02. The second-order valence-corrected chi connectivity index (χ2v) is 9.15. The Labute approximate surface area is 167 Å². The van der Waals surface area contributed by atoms with Gasteiger partial charge in [-0.15, -0.1) is 0 Å². The SMILES string of the molecule is CC(C[C@](C)(Cl)/N=N/[C@](C)(Cl)CC(C)c1ccccc1)c1ccccc1. The van der Waals surface area contributed by atoms with Gasteiger partial charge in [0.2, 0.25) is 0 Å². The third-order valence-electron chi connectivity index (χ3n) is 4.56. The summed E-state index contributed by atoms with van der Waals surface area (Å²) in [5, 5.41) is 8.80. The maximum atomic E-state index is 6.62. The molecule has 2 rings (SSSR count). The molecule has 4 heteroatoms. The van der Waals surface area contributed by atoms with E-state index in [0.717, 1.165) is 0 Å². The van der Waals surface area contributed by atoms with E-state index in [1.165, 1.54) is 11.1 Å². The Morgan fingerprint density at radius 2 is 1.00 bits per heavy atom. The molecular formula is C22H28Cl2N2. The fraction of sp³-hybridized carbons (Fsp3) is 0.455. The first kappa shape index (κ1) is 20.9. The van der Waals surface area contributed by atoms with Crippen molar-refractivity contribution in [2.24, 2.45) is 10.2 Å². The summed E-state index contributed by atoms with van der Waals surface area (Å²) in [6.45, 7) is 8.10. The van der Waals surface area contributed by atoms with Gasteiger partial charge in [0.25, 0.3) is 0 Å². The Morgan fingerprint density at radius 3 is 1.31 bits per heavy atom. The smallest absolute Gasteiger partial charge is 0.152 e. The van der Waals surface area contributed by atoms with Crippen molar-refractivity contribution in [2.75, 3.05) is 0 Å². The van der Waals surface area contributed by atoms with Crippen LogP contribution < -0.4 is 0 Å². The molecule has 0 aliphatic carbocycles. The maximum absolute atomic E-state index is 6.62. The molecule has 2 aromatic carbocycles. The van der Waals surface area contributed by atoms with E-state index in [-0.39, 0.29) is 0 Å². The quantitative estimate of drug-likeness (QED) is 0.250. The summed E-state index contributed by atoms with van der Waals surface area (Å²) in [4.78, 5) is -1.55. The molecule has 0 radical (unpaired) electrons. The van der Waals surface area contributed by atoms with Gasteiger partial charge < -0.3 is 0 Å². The van der Waals surface area contributed by atoms with Crippen molar-refractivity contribution in [3.05, 3.63) is 71.8 Å². The van der Waals surface area contributed by atoms with Gasteiger partial charge in [-0.25, -0.2) is 0 Å². The van der Waals surface area contributed by atoms with Crippen LogP contribution in [-0.4, -0.2) is 10.00 Å². The van der Waals surface area contributed by atoms with Crippen molar-refractivity contribution in [1.29, 1.82) is 0 Å². The van der Waals surface area contributed by atoms with Crippen LogP contribution in [0.25, 0.3) is 0 Å². The molecular weight excluding hydrogens is 363 g/mol. The summed E-state index contributed by atoms with van der Waals surface area (Å²) < 4.78 is 0. The molecule has 0 bridgehead atoms. The van der Waals surface area contributed by atoms with Gasteiger partial charge >= 0.3 is 0 Å². The van der Waals surface area contributed by atoms with E-state index in [4.69, 9.17) is 23.2 Å². The van der Waals surface area contributed by atoms with Gasteiger partial charge in [-0.3, -0.25) is 0 Å². The zero-order valence-corrected chi connectivity index (χ0v) is 17.5. The van der Waals surface area contributed by atoms with Gasteiger partial charge in [0.15, 0.2) is 10.00 Å². The number of hydrogen-bond donors (Lipinski definition) is 0. The Bertz CT molecular complexity index is 635. The topological polar surface area (TPSA) is 24.7 Å². The van der Waals surface area contributed by atoms with Crippen molar-refractivity contribution in [1.82, 2.24) is 0 Å². The molecule has 2 aromatic rings. The fourth-order valence-corrected chi connectivity index (χ4v) is 3.75. The van der Waals surface area contributed by atoms with Gasteiger partial charge in [0, 0.05) is 0 Å². The van der Waals surface area contributed by atoms with Gasteiger partial charge in [-0.2, -0.15) is 10.2 Å². The van der Waals surface area contributed by atoms with Crippen molar-refractivity contribution in [2.45, 2.75) is 62.4 Å². The summed E-state index contributed by atoms with van der Waals surface area (Å²) in [5.74, 6) is 0.588.